The molecule has 112 valence electrons. The second kappa shape index (κ2) is 5.47. The van der Waals surface area contributed by atoms with E-state index in [2.05, 4.69) is 33.9 Å². The smallest absolute Gasteiger partial charge is 0.187 e. The molecule has 2 aliphatic rings. The van der Waals surface area contributed by atoms with Crippen molar-refractivity contribution in [2.24, 2.45) is 5.41 Å². The van der Waals surface area contributed by atoms with Crippen molar-refractivity contribution in [1.82, 2.24) is 0 Å². The van der Waals surface area contributed by atoms with Gasteiger partial charge in [0.1, 0.15) is 6.10 Å². The highest BCUT2D eigenvalue weighted by Gasteiger charge is 2.49. The van der Waals surface area contributed by atoms with Crippen molar-refractivity contribution in [3.8, 4) is 0 Å². The van der Waals surface area contributed by atoms with Gasteiger partial charge in [0.05, 0.1) is 18.8 Å². The Kier molecular flexibility index (Phi) is 4.46. The molecule has 2 fully saturated rings. The highest BCUT2D eigenvalue weighted by molar-refractivity contribution is 6.71. The molecular weight excluding hydrogens is 256 g/mol. The summed E-state index contributed by atoms with van der Waals surface area (Å²) in [5, 5.41) is 0. The summed E-state index contributed by atoms with van der Waals surface area (Å²) in [6.45, 7) is 14.1. The summed E-state index contributed by atoms with van der Waals surface area (Å²) >= 11 is 0. The summed E-state index contributed by atoms with van der Waals surface area (Å²) in [6.07, 6.45) is 4.00. The van der Waals surface area contributed by atoms with Crippen molar-refractivity contribution in [1.29, 1.82) is 0 Å². The van der Waals surface area contributed by atoms with Crippen molar-refractivity contribution < 1.29 is 13.9 Å². The Morgan fingerprint density at radius 3 is 2.53 bits per heavy atom. The van der Waals surface area contributed by atoms with E-state index in [1.165, 1.54) is 18.9 Å². The second-order valence-corrected chi connectivity index (χ2v) is 11.8. The van der Waals surface area contributed by atoms with Crippen molar-refractivity contribution in [2.75, 3.05) is 19.8 Å². The molecule has 2 unspecified atom stereocenters. The Morgan fingerprint density at radius 1 is 1.26 bits per heavy atom. The van der Waals surface area contributed by atoms with Crippen LogP contribution in [0.1, 0.15) is 40.0 Å². The molecule has 2 rings (SSSR count). The van der Waals surface area contributed by atoms with Crippen LogP contribution in [0, 0.1) is 5.41 Å². The Labute approximate surface area is 119 Å². The van der Waals surface area contributed by atoms with Crippen LogP contribution in [0.15, 0.2) is 0 Å². The van der Waals surface area contributed by atoms with Gasteiger partial charge >= 0.3 is 0 Å². The summed E-state index contributed by atoms with van der Waals surface area (Å²) in [4.78, 5) is 0. The third-order valence-corrected chi connectivity index (χ3v) is 7.50. The number of ether oxygens (including phenoxy) is 2. The number of rotatable bonds is 6. The van der Waals surface area contributed by atoms with E-state index >= 15 is 0 Å². The molecule has 0 N–H and O–H groups in total. The number of hydrogen-bond donors (Lipinski definition) is 0. The molecule has 2 heterocycles. The maximum atomic E-state index is 6.46. The summed E-state index contributed by atoms with van der Waals surface area (Å²) in [7, 11) is -1.42. The lowest BCUT2D eigenvalue weighted by Crippen LogP contribution is -2.55. The average molecular weight is 286 g/mol. The molecule has 3 nitrogen and oxygen atoms in total. The summed E-state index contributed by atoms with van der Waals surface area (Å²) in [6, 6.07) is 1.28. The minimum atomic E-state index is -1.42. The van der Waals surface area contributed by atoms with Gasteiger partial charge in [0.15, 0.2) is 8.32 Å². The standard InChI is InChI=1S/C15H30O3Si/c1-14(2)15(3,8-10-19(4,5)18-14)7-6-9-16-11-13-12-17-13/h13H,6-12H2,1-5H3. The normalized spacial score (nSPS) is 36.2. The zero-order valence-electron chi connectivity index (χ0n) is 13.3. The molecule has 2 saturated heterocycles. The van der Waals surface area contributed by atoms with Gasteiger partial charge in [-0.25, -0.2) is 0 Å². The fourth-order valence-corrected chi connectivity index (χ4v) is 6.00. The molecule has 4 heteroatoms. The molecule has 2 atom stereocenters. The molecule has 0 radical (unpaired) electrons. The van der Waals surface area contributed by atoms with Gasteiger partial charge in [0.2, 0.25) is 0 Å². The Hall–Kier alpha value is 0.0969. The third-order valence-electron chi connectivity index (χ3n) is 4.99. The van der Waals surface area contributed by atoms with Gasteiger partial charge in [-0.05, 0) is 57.7 Å². The topological polar surface area (TPSA) is 31.0 Å². The van der Waals surface area contributed by atoms with E-state index in [4.69, 9.17) is 13.9 Å². The highest BCUT2D eigenvalue weighted by Crippen LogP contribution is 2.49. The molecule has 0 bridgehead atoms. The lowest BCUT2D eigenvalue weighted by atomic mass is 9.70. The van der Waals surface area contributed by atoms with Crippen molar-refractivity contribution in [3.63, 3.8) is 0 Å². The van der Waals surface area contributed by atoms with E-state index in [-0.39, 0.29) is 11.0 Å². The molecule has 0 amide bonds. The van der Waals surface area contributed by atoms with Crippen LogP contribution >= 0.6 is 0 Å². The Morgan fingerprint density at radius 2 is 1.95 bits per heavy atom. The van der Waals surface area contributed by atoms with Crippen molar-refractivity contribution in [2.45, 2.75) is 70.9 Å². The summed E-state index contributed by atoms with van der Waals surface area (Å²) in [5.41, 5.74) is 0.287. The van der Waals surface area contributed by atoms with E-state index in [9.17, 15) is 0 Å². The fraction of sp³-hybridized carbons (Fsp3) is 1.00. The first-order valence-electron chi connectivity index (χ1n) is 7.64. The summed E-state index contributed by atoms with van der Waals surface area (Å²) < 4.78 is 17.2. The first-order valence-corrected chi connectivity index (χ1v) is 10.8. The molecule has 0 aliphatic carbocycles. The predicted molar refractivity (Wildman–Crippen MR) is 80.0 cm³/mol. The van der Waals surface area contributed by atoms with Crippen LogP contribution in [0.2, 0.25) is 19.1 Å². The van der Waals surface area contributed by atoms with E-state index in [1.54, 1.807) is 0 Å². The fourth-order valence-electron chi connectivity index (χ4n) is 3.11. The molecule has 0 aromatic rings. The van der Waals surface area contributed by atoms with Crippen LogP contribution in [0.5, 0.6) is 0 Å². The molecule has 0 spiro atoms. The lowest BCUT2D eigenvalue weighted by molar-refractivity contribution is -0.0594. The minimum absolute atomic E-state index is 0.000571. The lowest BCUT2D eigenvalue weighted by Gasteiger charge is -2.53. The van der Waals surface area contributed by atoms with Gasteiger partial charge < -0.3 is 13.9 Å². The van der Waals surface area contributed by atoms with Crippen LogP contribution in [0.3, 0.4) is 0 Å². The highest BCUT2D eigenvalue weighted by atomic mass is 28.4. The number of hydrogen-bond acceptors (Lipinski definition) is 3. The Bertz CT molecular complexity index is 313. The van der Waals surface area contributed by atoms with Gasteiger partial charge in [0, 0.05) is 6.61 Å². The molecule has 2 aliphatic heterocycles. The molecule has 0 saturated carbocycles. The van der Waals surface area contributed by atoms with E-state index in [1.807, 2.05) is 0 Å². The zero-order valence-corrected chi connectivity index (χ0v) is 14.3. The van der Waals surface area contributed by atoms with Gasteiger partial charge in [-0.3, -0.25) is 0 Å². The van der Waals surface area contributed by atoms with Crippen LogP contribution in [-0.4, -0.2) is 39.8 Å². The molecular formula is C15H30O3Si. The first kappa shape index (κ1) is 15.5. The maximum absolute atomic E-state index is 6.46. The van der Waals surface area contributed by atoms with E-state index in [0.29, 0.717) is 6.10 Å². The van der Waals surface area contributed by atoms with Crippen molar-refractivity contribution in [3.05, 3.63) is 0 Å². The average Bonchev–Trinajstić information content (AvgIpc) is 3.07. The van der Waals surface area contributed by atoms with Gasteiger partial charge in [0.25, 0.3) is 0 Å². The second-order valence-electron chi connectivity index (χ2n) is 7.57. The predicted octanol–water partition coefficient (Wildman–Crippen LogP) is 3.59. The van der Waals surface area contributed by atoms with E-state index < -0.39 is 8.32 Å². The van der Waals surface area contributed by atoms with Gasteiger partial charge in [-0.15, -0.1) is 0 Å². The Balaban J connectivity index is 1.76. The maximum Gasteiger partial charge on any atom is 0.187 e. The quantitative estimate of drug-likeness (QED) is 0.425. The first-order chi connectivity index (χ1) is 8.74. The largest absolute Gasteiger partial charge is 0.412 e. The van der Waals surface area contributed by atoms with Gasteiger partial charge in [-0.1, -0.05) is 6.92 Å². The SMILES string of the molecule is CC1(CCCOCC2CO2)CC[Si](C)(C)OC1(C)C. The molecule has 19 heavy (non-hydrogen) atoms. The monoisotopic (exact) mass is 286 g/mol. The zero-order chi connectivity index (χ0) is 14.1. The molecule has 0 aromatic heterocycles. The summed E-state index contributed by atoms with van der Waals surface area (Å²) in [5.74, 6) is 0. The van der Waals surface area contributed by atoms with Crippen LogP contribution in [0.4, 0.5) is 0 Å². The van der Waals surface area contributed by atoms with Crippen LogP contribution in [-0.2, 0) is 13.9 Å². The van der Waals surface area contributed by atoms with E-state index in [0.717, 1.165) is 26.2 Å². The number of epoxide rings is 1. The van der Waals surface area contributed by atoms with Gasteiger partial charge in [-0.2, -0.15) is 0 Å². The van der Waals surface area contributed by atoms with Crippen molar-refractivity contribution >= 4 is 8.32 Å². The molecule has 0 aromatic carbocycles. The minimum Gasteiger partial charge on any atom is -0.412 e. The van der Waals surface area contributed by atoms with Crippen LogP contribution < -0.4 is 0 Å². The third kappa shape index (κ3) is 4.03. The van der Waals surface area contributed by atoms with Crippen LogP contribution in [0.25, 0.3) is 0 Å².